The first-order valence-electron chi connectivity index (χ1n) is 5.73. The van der Waals surface area contributed by atoms with Gasteiger partial charge in [-0.15, -0.1) is 0 Å². The van der Waals surface area contributed by atoms with Crippen molar-refractivity contribution in [3.63, 3.8) is 0 Å². The summed E-state index contributed by atoms with van der Waals surface area (Å²) in [6, 6.07) is 6.37. The van der Waals surface area contributed by atoms with Gasteiger partial charge < -0.3 is 4.90 Å². The Morgan fingerprint density at radius 3 is 2.81 bits per heavy atom. The number of hydrogen-bond acceptors (Lipinski definition) is 2. The topological polar surface area (TPSA) is 32.3 Å². The van der Waals surface area contributed by atoms with Gasteiger partial charge in [0.15, 0.2) is 0 Å². The van der Waals surface area contributed by atoms with Gasteiger partial charge >= 0.3 is 0 Å². The lowest BCUT2D eigenvalue weighted by atomic mass is 10.0. The molecule has 1 unspecified atom stereocenters. The summed E-state index contributed by atoms with van der Waals surface area (Å²) in [7, 11) is 0. The third-order valence-electron chi connectivity index (χ3n) is 3.14. The van der Waals surface area contributed by atoms with Gasteiger partial charge in [-0.1, -0.05) is 23.8 Å². The summed E-state index contributed by atoms with van der Waals surface area (Å²) in [4.78, 5) is 13.5. The van der Waals surface area contributed by atoms with Gasteiger partial charge in [0.05, 0.1) is 6.54 Å². The predicted molar refractivity (Wildman–Crippen MR) is 64.0 cm³/mol. The summed E-state index contributed by atoms with van der Waals surface area (Å²) in [6.45, 7) is 7.40. The monoisotopic (exact) mass is 218 g/mol. The van der Waals surface area contributed by atoms with Gasteiger partial charge in [-0.05, 0) is 31.9 Å². The van der Waals surface area contributed by atoms with Gasteiger partial charge in [-0.25, -0.2) is 0 Å². The SMILES string of the molecule is CCN1C(=O)CNC1c1ccc(C)cc1C. The van der Waals surface area contributed by atoms with Gasteiger partial charge in [0, 0.05) is 6.54 Å². The third-order valence-corrected chi connectivity index (χ3v) is 3.14. The highest BCUT2D eigenvalue weighted by atomic mass is 16.2. The molecule has 1 aromatic rings. The summed E-state index contributed by atoms with van der Waals surface area (Å²) in [5.41, 5.74) is 3.71. The van der Waals surface area contributed by atoms with Crippen LogP contribution in [0.2, 0.25) is 0 Å². The van der Waals surface area contributed by atoms with E-state index in [1.165, 1.54) is 16.7 Å². The Hall–Kier alpha value is -1.35. The molecule has 1 atom stereocenters. The molecule has 0 spiro atoms. The molecule has 1 heterocycles. The van der Waals surface area contributed by atoms with Gasteiger partial charge in [-0.2, -0.15) is 0 Å². The number of likely N-dealkylation sites (N-methyl/N-ethyl adjacent to an activating group) is 1. The minimum Gasteiger partial charge on any atom is -0.322 e. The Morgan fingerprint density at radius 1 is 1.44 bits per heavy atom. The summed E-state index contributed by atoms with van der Waals surface area (Å²) >= 11 is 0. The number of amides is 1. The van der Waals surface area contributed by atoms with Crippen LogP contribution in [-0.2, 0) is 4.79 Å². The minimum absolute atomic E-state index is 0.0538. The first-order valence-corrected chi connectivity index (χ1v) is 5.73. The van der Waals surface area contributed by atoms with Crippen LogP contribution in [0, 0.1) is 13.8 Å². The van der Waals surface area contributed by atoms with Crippen LogP contribution in [0.1, 0.15) is 29.8 Å². The third kappa shape index (κ3) is 1.83. The number of nitrogens with one attached hydrogen (secondary N) is 1. The molecule has 3 nitrogen and oxygen atoms in total. The van der Waals surface area contributed by atoms with E-state index >= 15 is 0 Å². The van der Waals surface area contributed by atoms with E-state index in [-0.39, 0.29) is 12.1 Å². The van der Waals surface area contributed by atoms with Gasteiger partial charge in [0.2, 0.25) is 5.91 Å². The van der Waals surface area contributed by atoms with Crippen molar-refractivity contribution in [3.8, 4) is 0 Å². The van der Waals surface area contributed by atoms with Crippen LogP contribution >= 0.6 is 0 Å². The van der Waals surface area contributed by atoms with Crippen molar-refractivity contribution in [1.82, 2.24) is 10.2 Å². The molecule has 1 aliphatic rings. The zero-order valence-electron chi connectivity index (χ0n) is 10.1. The largest absolute Gasteiger partial charge is 0.322 e. The van der Waals surface area contributed by atoms with Gasteiger partial charge in [0.25, 0.3) is 0 Å². The van der Waals surface area contributed by atoms with Crippen LogP contribution < -0.4 is 5.32 Å². The normalized spacial score (nSPS) is 20.6. The molecule has 1 N–H and O–H groups in total. The Kier molecular flexibility index (Phi) is 2.97. The summed E-state index contributed by atoms with van der Waals surface area (Å²) < 4.78 is 0. The highest BCUT2D eigenvalue weighted by molar-refractivity contribution is 5.81. The number of aryl methyl sites for hydroxylation is 2. The van der Waals surface area contributed by atoms with E-state index in [2.05, 4.69) is 37.4 Å². The van der Waals surface area contributed by atoms with Crippen molar-refractivity contribution in [2.45, 2.75) is 26.9 Å². The Balaban J connectivity index is 2.33. The molecule has 2 rings (SSSR count). The molecule has 0 radical (unpaired) electrons. The van der Waals surface area contributed by atoms with Crippen molar-refractivity contribution in [2.24, 2.45) is 0 Å². The smallest absolute Gasteiger partial charge is 0.238 e. The number of carbonyl (C=O) groups excluding carboxylic acids is 1. The Bertz CT molecular complexity index is 414. The fourth-order valence-electron chi connectivity index (χ4n) is 2.31. The highest BCUT2D eigenvalue weighted by Crippen LogP contribution is 2.25. The molecule has 1 fully saturated rings. The zero-order valence-corrected chi connectivity index (χ0v) is 10.1. The van der Waals surface area contributed by atoms with Crippen molar-refractivity contribution in [1.29, 1.82) is 0 Å². The average Bonchev–Trinajstić information content (AvgIpc) is 2.59. The van der Waals surface area contributed by atoms with Crippen LogP contribution in [0.5, 0.6) is 0 Å². The maximum atomic E-state index is 11.6. The fraction of sp³-hybridized carbons (Fsp3) is 0.462. The summed E-state index contributed by atoms with van der Waals surface area (Å²) in [6.07, 6.45) is 0.0538. The summed E-state index contributed by atoms with van der Waals surface area (Å²) in [5.74, 6) is 0.187. The number of rotatable bonds is 2. The van der Waals surface area contributed by atoms with E-state index in [9.17, 15) is 4.79 Å². The maximum Gasteiger partial charge on any atom is 0.238 e. The van der Waals surface area contributed by atoms with Crippen LogP contribution in [0.15, 0.2) is 18.2 Å². The van der Waals surface area contributed by atoms with E-state index in [4.69, 9.17) is 0 Å². The molecule has 3 heteroatoms. The number of hydrogen-bond donors (Lipinski definition) is 1. The molecule has 0 aliphatic carbocycles. The van der Waals surface area contributed by atoms with E-state index in [0.29, 0.717) is 6.54 Å². The van der Waals surface area contributed by atoms with Gasteiger partial charge in [0.1, 0.15) is 6.17 Å². The molecule has 0 aromatic heterocycles. The van der Waals surface area contributed by atoms with Crippen molar-refractivity contribution in [2.75, 3.05) is 13.1 Å². The maximum absolute atomic E-state index is 11.6. The molecule has 1 saturated heterocycles. The average molecular weight is 218 g/mol. The molecular formula is C13H18N2O. The first kappa shape index (κ1) is 11.1. The minimum atomic E-state index is 0.0538. The molecule has 0 saturated carbocycles. The molecule has 1 amide bonds. The van der Waals surface area contributed by atoms with Crippen LogP contribution in [0.25, 0.3) is 0 Å². The standard InChI is InChI=1S/C13H18N2O/c1-4-15-12(16)8-14-13(15)11-6-5-9(2)7-10(11)3/h5-7,13-14H,4,8H2,1-3H3. The quantitative estimate of drug-likeness (QED) is 0.820. The predicted octanol–water partition coefficient (Wildman–Crippen LogP) is 1.75. The van der Waals surface area contributed by atoms with E-state index in [0.717, 1.165) is 6.54 Å². The van der Waals surface area contributed by atoms with Crippen molar-refractivity contribution >= 4 is 5.91 Å². The van der Waals surface area contributed by atoms with E-state index in [1.54, 1.807) is 0 Å². The fourth-order valence-corrected chi connectivity index (χ4v) is 2.31. The number of benzene rings is 1. The highest BCUT2D eigenvalue weighted by Gasteiger charge is 2.30. The second kappa shape index (κ2) is 4.26. The van der Waals surface area contributed by atoms with Crippen molar-refractivity contribution in [3.05, 3.63) is 34.9 Å². The second-order valence-corrected chi connectivity index (χ2v) is 4.32. The molecule has 0 bridgehead atoms. The van der Waals surface area contributed by atoms with Crippen LogP contribution in [-0.4, -0.2) is 23.9 Å². The van der Waals surface area contributed by atoms with Crippen LogP contribution in [0.3, 0.4) is 0 Å². The lowest BCUT2D eigenvalue weighted by Gasteiger charge is -2.24. The second-order valence-electron chi connectivity index (χ2n) is 4.32. The number of nitrogens with zero attached hydrogens (tertiary/aromatic N) is 1. The molecule has 1 aromatic carbocycles. The molecule has 1 aliphatic heterocycles. The van der Waals surface area contributed by atoms with Crippen LogP contribution in [0.4, 0.5) is 0 Å². The Labute approximate surface area is 96.5 Å². The zero-order chi connectivity index (χ0) is 11.7. The summed E-state index contributed by atoms with van der Waals surface area (Å²) in [5, 5.41) is 3.26. The van der Waals surface area contributed by atoms with Crippen molar-refractivity contribution < 1.29 is 4.79 Å². The molecular weight excluding hydrogens is 200 g/mol. The first-order chi connectivity index (χ1) is 7.63. The lowest BCUT2D eigenvalue weighted by molar-refractivity contribution is -0.127. The molecule has 16 heavy (non-hydrogen) atoms. The number of carbonyl (C=O) groups is 1. The van der Waals surface area contributed by atoms with E-state index < -0.39 is 0 Å². The molecule has 86 valence electrons. The van der Waals surface area contributed by atoms with E-state index in [1.807, 2.05) is 11.8 Å². The van der Waals surface area contributed by atoms with Gasteiger partial charge in [-0.3, -0.25) is 10.1 Å². The lowest BCUT2D eigenvalue weighted by Crippen LogP contribution is -2.30. The Morgan fingerprint density at radius 2 is 2.19 bits per heavy atom.